The molecular formula is C13H18O3. The lowest BCUT2D eigenvalue weighted by molar-refractivity contribution is -0.124. The van der Waals surface area contributed by atoms with Crippen molar-refractivity contribution in [2.24, 2.45) is 0 Å². The number of carbonyl (C=O) groups is 1. The van der Waals surface area contributed by atoms with Gasteiger partial charge < -0.3 is 9.47 Å². The van der Waals surface area contributed by atoms with Gasteiger partial charge in [0.05, 0.1) is 13.7 Å². The number of benzene rings is 1. The fraction of sp³-hybridized carbons (Fsp3) is 0.462. The van der Waals surface area contributed by atoms with Gasteiger partial charge in [0.25, 0.3) is 0 Å². The molecule has 1 aromatic rings. The maximum Gasteiger partial charge on any atom is 0.158 e. The van der Waals surface area contributed by atoms with Gasteiger partial charge in [-0.3, -0.25) is 4.79 Å². The second-order valence-electron chi connectivity index (χ2n) is 3.63. The largest absolute Gasteiger partial charge is 0.497 e. The minimum Gasteiger partial charge on any atom is -0.497 e. The third-order valence-electron chi connectivity index (χ3n) is 2.22. The highest BCUT2D eigenvalue weighted by Gasteiger charge is 2.00. The van der Waals surface area contributed by atoms with Crippen LogP contribution in [0.1, 0.15) is 25.3 Å². The summed E-state index contributed by atoms with van der Waals surface area (Å²) >= 11 is 0. The van der Waals surface area contributed by atoms with Crippen molar-refractivity contribution in [2.75, 3.05) is 13.7 Å². The molecule has 16 heavy (non-hydrogen) atoms. The molecular weight excluding hydrogens is 204 g/mol. The van der Waals surface area contributed by atoms with Crippen LogP contribution in [-0.4, -0.2) is 19.5 Å². The van der Waals surface area contributed by atoms with Crippen LogP contribution in [0.5, 0.6) is 5.75 Å². The Hall–Kier alpha value is -1.35. The molecule has 3 heteroatoms. The molecule has 0 spiro atoms. The summed E-state index contributed by atoms with van der Waals surface area (Å²) in [6, 6.07) is 7.63. The van der Waals surface area contributed by atoms with E-state index in [1.807, 2.05) is 31.2 Å². The zero-order valence-corrected chi connectivity index (χ0v) is 9.86. The minimum absolute atomic E-state index is 0.163. The summed E-state index contributed by atoms with van der Waals surface area (Å²) in [6.45, 7) is 2.67. The van der Waals surface area contributed by atoms with Gasteiger partial charge in [-0.15, -0.1) is 0 Å². The number of hydrogen-bond donors (Lipinski definition) is 0. The van der Waals surface area contributed by atoms with Gasteiger partial charge in [0.1, 0.15) is 12.4 Å². The van der Waals surface area contributed by atoms with E-state index < -0.39 is 0 Å². The van der Waals surface area contributed by atoms with E-state index in [0.717, 1.165) is 17.7 Å². The summed E-state index contributed by atoms with van der Waals surface area (Å²) in [5.41, 5.74) is 1.05. The smallest absolute Gasteiger partial charge is 0.158 e. The fourth-order valence-electron chi connectivity index (χ4n) is 1.36. The Morgan fingerprint density at radius 2 is 1.94 bits per heavy atom. The van der Waals surface area contributed by atoms with Gasteiger partial charge in [-0.05, 0) is 24.1 Å². The molecule has 0 N–H and O–H groups in total. The van der Waals surface area contributed by atoms with Crippen LogP contribution in [0.25, 0.3) is 0 Å². The lowest BCUT2D eigenvalue weighted by Gasteiger charge is -2.04. The zero-order chi connectivity index (χ0) is 11.8. The molecule has 0 aliphatic rings. The summed E-state index contributed by atoms with van der Waals surface area (Å²) in [5, 5.41) is 0. The lowest BCUT2D eigenvalue weighted by atomic mass is 10.2. The van der Waals surface area contributed by atoms with Gasteiger partial charge in [0, 0.05) is 6.42 Å². The maximum absolute atomic E-state index is 11.2. The van der Waals surface area contributed by atoms with Crippen LogP contribution in [0.3, 0.4) is 0 Å². The molecule has 0 saturated heterocycles. The molecule has 0 radical (unpaired) electrons. The average Bonchev–Trinajstić information content (AvgIpc) is 2.30. The summed E-state index contributed by atoms with van der Waals surface area (Å²) in [7, 11) is 1.63. The van der Waals surface area contributed by atoms with E-state index in [0.29, 0.717) is 13.0 Å². The molecule has 0 atom stereocenters. The van der Waals surface area contributed by atoms with Crippen LogP contribution in [0.4, 0.5) is 0 Å². The Morgan fingerprint density at radius 3 is 2.50 bits per heavy atom. The van der Waals surface area contributed by atoms with Gasteiger partial charge in [0.2, 0.25) is 0 Å². The number of ketones is 1. The van der Waals surface area contributed by atoms with Crippen LogP contribution >= 0.6 is 0 Å². The van der Waals surface area contributed by atoms with E-state index in [1.165, 1.54) is 0 Å². The van der Waals surface area contributed by atoms with Gasteiger partial charge in [-0.1, -0.05) is 19.1 Å². The number of ether oxygens (including phenoxy) is 2. The van der Waals surface area contributed by atoms with Crippen LogP contribution in [-0.2, 0) is 16.1 Å². The maximum atomic E-state index is 11.2. The second-order valence-corrected chi connectivity index (χ2v) is 3.63. The summed E-state index contributed by atoms with van der Waals surface area (Å²) in [4.78, 5) is 11.2. The summed E-state index contributed by atoms with van der Waals surface area (Å²) in [6.07, 6.45) is 1.48. The SMILES string of the molecule is CCCC(=O)COCc1ccc(OC)cc1. The van der Waals surface area contributed by atoms with Crippen LogP contribution < -0.4 is 4.74 Å². The third-order valence-corrected chi connectivity index (χ3v) is 2.22. The third kappa shape index (κ3) is 4.45. The Kier molecular flexibility index (Phi) is 5.57. The van der Waals surface area contributed by atoms with Crippen LogP contribution in [0.2, 0.25) is 0 Å². The van der Waals surface area contributed by atoms with Crippen molar-refractivity contribution in [1.82, 2.24) is 0 Å². The molecule has 0 aromatic heterocycles. The van der Waals surface area contributed by atoms with Crippen molar-refractivity contribution in [1.29, 1.82) is 0 Å². The molecule has 1 aromatic carbocycles. The highest BCUT2D eigenvalue weighted by molar-refractivity contribution is 5.79. The van der Waals surface area contributed by atoms with Gasteiger partial charge >= 0.3 is 0 Å². The molecule has 1 rings (SSSR count). The van der Waals surface area contributed by atoms with Crippen molar-refractivity contribution in [3.63, 3.8) is 0 Å². The standard InChI is InChI=1S/C13H18O3/c1-3-4-12(14)10-16-9-11-5-7-13(15-2)8-6-11/h5-8H,3-4,9-10H2,1-2H3. The second kappa shape index (κ2) is 7.01. The minimum atomic E-state index is 0.163. The number of rotatable bonds is 7. The number of hydrogen-bond acceptors (Lipinski definition) is 3. The molecule has 0 amide bonds. The molecule has 0 bridgehead atoms. The Bertz CT molecular complexity index is 316. The quantitative estimate of drug-likeness (QED) is 0.711. The van der Waals surface area contributed by atoms with E-state index in [4.69, 9.17) is 9.47 Å². The molecule has 0 fully saturated rings. The van der Waals surface area contributed by atoms with Crippen LogP contribution in [0.15, 0.2) is 24.3 Å². The van der Waals surface area contributed by atoms with Crippen molar-refractivity contribution >= 4 is 5.78 Å². The molecule has 0 aliphatic heterocycles. The summed E-state index contributed by atoms with van der Waals surface area (Å²) in [5.74, 6) is 0.988. The highest BCUT2D eigenvalue weighted by Crippen LogP contribution is 2.11. The first-order chi connectivity index (χ1) is 7.76. The predicted molar refractivity (Wildman–Crippen MR) is 62.6 cm³/mol. The Labute approximate surface area is 96.4 Å². The van der Waals surface area contributed by atoms with Gasteiger partial charge in [0.15, 0.2) is 5.78 Å². The van der Waals surface area contributed by atoms with Gasteiger partial charge in [-0.25, -0.2) is 0 Å². The highest BCUT2D eigenvalue weighted by atomic mass is 16.5. The van der Waals surface area contributed by atoms with Crippen molar-refractivity contribution in [2.45, 2.75) is 26.4 Å². The van der Waals surface area contributed by atoms with E-state index in [1.54, 1.807) is 7.11 Å². The van der Waals surface area contributed by atoms with E-state index in [-0.39, 0.29) is 12.4 Å². The monoisotopic (exact) mass is 222 g/mol. The van der Waals surface area contributed by atoms with Crippen molar-refractivity contribution < 1.29 is 14.3 Å². The van der Waals surface area contributed by atoms with E-state index in [9.17, 15) is 4.79 Å². The average molecular weight is 222 g/mol. The molecule has 3 nitrogen and oxygen atoms in total. The Balaban J connectivity index is 2.29. The lowest BCUT2D eigenvalue weighted by Crippen LogP contribution is -2.07. The number of methoxy groups -OCH3 is 1. The molecule has 88 valence electrons. The van der Waals surface area contributed by atoms with E-state index in [2.05, 4.69) is 0 Å². The molecule has 0 heterocycles. The van der Waals surface area contributed by atoms with Crippen molar-refractivity contribution in [3.05, 3.63) is 29.8 Å². The predicted octanol–water partition coefficient (Wildman–Crippen LogP) is 2.58. The summed E-state index contributed by atoms with van der Waals surface area (Å²) < 4.78 is 10.4. The Morgan fingerprint density at radius 1 is 1.25 bits per heavy atom. The normalized spacial score (nSPS) is 10.1. The fourth-order valence-corrected chi connectivity index (χ4v) is 1.36. The molecule has 0 unspecified atom stereocenters. The number of carbonyl (C=O) groups excluding carboxylic acids is 1. The molecule has 0 saturated carbocycles. The topological polar surface area (TPSA) is 35.5 Å². The first-order valence-electron chi connectivity index (χ1n) is 5.48. The van der Waals surface area contributed by atoms with Crippen LogP contribution in [0, 0.1) is 0 Å². The first-order valence-corrected chi connectivity index (χ1v) is 5.48. The van der Waals surface area contributed by atoms with Gasteiger partial charge in [-0.2, -0.15) is 0 Å². The number of Topliss-reactive ketones (excluding diaryl/α,β-unsaturated/α-hetero) is 1. The van der Waals surface area contributed by atoms with Crippen molar-refractivity contribution in [3.8, 4) is 5.75 Å². The van der Waals surface area contributed by atoms with E-state index >= 15 is 0 Å². The first kappa shape index (κ1) is 12.7. The molecule has 0 aliphatic carbocycles. The zero-order valence-electron chi connectivity index (χ0n) is 9.86.